The molecule has 9 heteroatoms. The number of likely N-dealkylation sites (tertiary alicyclic amines) is 1. The lowest BCUT2D eigenvalue weighted by Crippen LogP contribution is -2.41. The molecule has 1 saturated heterocycles. The van der Waals surface area contributed by atoms with E-state index in [1.165, 1.54) is 6.07 Å². The van der Waals surface area contributed by atoms with Crippen LogP contribution in [0.25, 0.3) is 0 Å². The SMILES string of the molecule is NC(=O)Cn1ccnc1C1CCN(C(=O)Nc2ccc(F)cc2F)CC1. The maximum Gasteiger partial charge on any atom is 0.321 e. The summed E-state index contributed by atoms with van der Waals surface area (Å²) in [6, 6.07) is 2.56. The van der Waals surface area contributed by atoms with E-state index in [4.69, 9.17) is 5.73 Å². The highest BCUT2D eigenvalue weighted by Crippen LogP contribution is 2.27. The molecule has 0 unspecified atom stereocenters. The number of nitrogens with one attached hydrogen (secondary N) is 1. The second kappa shape index (κ2) is 7.51. The van der Waals surface area contributed by atoms with Gasteiger partial charge in [0.15, 0.2) is 0 Å². The number of anilines is 1. The highest BCUT2D eigenvalue weighted by molar-refractivity contribution is 5.89. The number of amides is 3. The molecule has 1 aromatic carbocycles. The van der Waals surface area contributed by atoms with Crippen molar-refractivity contribution in [1.29, 1.82) is 0 Å². The Labute approximate surface area is 148 Å². The molecule has 3 amide bonds. The molecule has 1 aliphatic heterocycles. The van der Waals surface area contributed by atoms with Crippen molar-refractivity contribution in [3.63, 3.8) is 0 Å². The third-order valence-corrected chi connectivity index (χ3v) is 4.39. The molecule has 3 N–H and O–H groups in total. The Morgan fingerprint density at radius 2 is 2.00 bits per heavy atom. The number of hydrogen-bond donors (Lipinski definition) is 2. The minimum absolute atomic E-state index is 0.0597. The molecule has 2 heterocycles. The van der Waals surface area contributed by atoms with Crippen molar-refractivity contribution in [1.82, 2.24) is 14.5 Å². The number of halogens is 2. The first-order valence-corrected chi connectivity index (χ1v) is 8.24. The predicted molar refractivity (Wildman–Crippen MR) is 90.3 cm³/mol. The van der Waals surface area contributed by atoms with E-state index in [-0.39, 0.29) is 18.2 Å². The van der Waals surface area contributed by atoms with Crippen molar-refractivity contribution in [2.75, 3.05) is 18.4 Å². The van der Waals surface area contributed by atoms with E-state index in [0.717, 1.165) is 18.0 Å². The van der Waals surface area contributed by atoms with Crippen molar-refractivity contribution < 1.29 is 18.4 Å². The summed E-state index contributed by atoms with van der Waals surface area (Å²) < 4.78 is 28.3. The molecule has 0 saturated carbocycles. The van der Waals surface area contributed by atoms with Gasteiger partial charge >= 0.3 is 6.03 Å². The third kappa shape index (κ3) is 3.98. The fourth-order valence-corrected chi connectivity index (χ4v) is 3.11. The van der Waals surface area contributed by atoms with Gasteiger partial charge in [-0.15, -0.1) is 0 Å². The van der Waals surface area contributed by atoms with Gasteiger partial charge < -0.3 is 20.5 Å². The van der Waals surface area contributed by atoms with Gasteiger partial charge in [-0.05, 0) is 25.0 Å². The van der Waals surface area contributed by atoms with Crippen LogP contribution in [0, 0.1) is 11.6 Å². The molecule has 2 aromatic rings. The van der Waals surface area contributed by atoms with E-state index < -0.39 is 23.6 Å². The molecule has 0 aliphatic carbocycles. The Kier molecular flexibility index (Phi) is 5.15. The molecular weight excluding hydrogens is 344 g/mol. The Morgan fingerprint density at radius 1 is 1.27 bits per heavy atom. The van der Waals surface area contributed by atoms with E-state index in [9.17, 15) is 18.4 Å². The first-order valence-electron chi connectivity index (χ1n) is 8.24. The van der Waals surface area contributed by atoms with Crippen molar-refractivity contribution >= 4 is 17.6 Å². The van der Waals surface area contributed by atoms with Gasteiger partial charge in [-0.25, -0.2) is 18.6 Å². The molecule has 0 atom stereocenters. The summed E-state index contributed by atoms with van der Waals surface area (Å²) in [5.41, 5.74) is 5.18. The lowest BCUT2D eigenvalue weighted by molar-refractivity contribution is -0.118. The number of imidazole rings is 1. The Hall–Kier alpha value is -2.97. The fraction of sp³-hybridized carbons (Fsp3) is 0.353. The van der Waals surface area contributed by atoms with Crippen LogP contribution in [0.4, 0.5) is 19.3 Å². The smallest absolute Gasteiger partial charge is 0.321 e. The zero-order valence-electron chi connectivity index (χ0n) is 14.0. The van der Waals surface area contributed by atoms with Crippen LogP contribution in [-0.4, -0.2) is 39.5 Å². The van der Waals surface area contributed by atoms with Crippen LogP contribution in [0.2, 0.25) is 0 Å². The summed E-state index contributed by atoms with van der Waals surface area (Å²) in [5, 5.41) is 2.46. The van der Waals surface area contributed by atoms with Crippen LogP contribution in [0.3, 0.4) is 0 Å². The Bertz CT molecular complexity index is 815. The number of hydrogen-bond acceptors (Lipinski definition) is 3. The van der Waals surface area contributed by atoms with E-state index in [1.807, 2.05) is 0 Å². The summed E-state index contributed by atoms with van der Waals surface area (Å²) in [5.74, 6) is -1.08. The van der Waals surface area contributed by atoms with Gasteiger partial charge in [0.2, 0.25) is 5.91 Å². The quantitative estimate of drug-likeness (QED) is 0.871. The van der Waals surface area contributed by atoms with Gasteiger partial charge in [0.1, 0.15) is 24.0 Å². The summed E-state index contributed by atoms with van der Waals surface area (Å²) in [6.07, 6.45) is 4.65. The molecule has 138 valence electrons. The molecule has 7 nitrogen and oxygen atoms in total. The number of benzene rings is 1. The monoisotopic (exact) mass is 363 g/mol. The maximum absolute atomic E-state index is 13.7. The summed E-state index contributed by atoms with van der Waals surface area (Å²) in [6.45, 7) is 0.991. The lowest BCUT2D eigenvalue weighted by Gasteiger charge is -2.32. The molecule has 0 radical (unpaired) electrons. The third-order valence-electron chi connectivity index (χ3n) is 4.39. The standard InChI is InChI=1S/C17H19F2N5O2/c18-12-1-2-14(13(19)9-12)22-17(26)23-6-3-11(4-7-23)16-21-5-8-24(16)10-15(20)25/h1-2,5,8-9,11H,3-4,6-7,10H2,(H2,20,25)(H,22,26). The fourth-order valence-electron chi connectivity index (χ4n) is 3.11. The second-order valence-corrected chi connectivity index (χ2v) is 6.20. The van der Waals surface area contributed by atoms with Crippen LogP contribution in [0.15, 0.2) is 30.6 Å². The number of carbonyl (C=O) groups is 2. The lowest BCUT2D eigenvalue weighted by atomic mass is 9.96. The van der Waals surface area contributed by atoms with Crippen LogP contribution in [-0.2, 0) is 11.3 Å². The molecular formula is C17H19F2N5O2. The highest BCUT2D eigenvalue weighted by Gasteiger charge is 2.27. The van der Waals surface area contributed by atoms with E-state index >= 15 is 0 Å². The van der Waals surface area contributed by atoms with E-state index in [1.54, 1.807) is 21.9 Å². The summed E-state index contributed by atoms with van der Waals surface area (Å²) in [4.78, 5) is 29.3. The van der Waals surface area contributed by atoms with Crippen molar-refractivity contribution in [3.8, 4) is 0 Å². The van der Waals surface area contributed by atoms with Crippen molar-refractivity contribution in [3.05, 3.63) is 48.1 Å². The normalized spacial score (nSPS) is 15.1. The number of nitrogens with two attached hydrogens (primary N) is 1. The minimum atomic E-state index is -0.818. The van der Waals surface area contributed by atoms with Gasteiger partial charge in [0.05, 0.1) is 5.69 Å². The van der Waals surface area contributed by atoms with Gasteiger partial charge in [-0.3, -0.25) is 4.79 Å². The number of urea groups is 1. The molecule has 1 aromatic heterocycles. The summed E-state index contributed by atoms with van der Waals surface area (Å²) >= 11 is 0. The molecule has 0 spiro atoms. The van der Waals surface area contributed by atoms with Crippen LogP contribution in [0.1, 0.15) is 24.6 Å². The van der Waals surface area contributed by atoms with E-state index in [2.05, 4.69) is 10.3 Å². The number of aromatic nitrogens is 2. The Balaban J connectivity index is 1.59. The molecule has 26 heavy (non-hydrogen) atoms. The minimum Gasteiger partial charge on any atom is -0.368 e. The maximum atomic E-state index is 13.7. The summed E-state index contributed by atoms with van der Waals surface area (Å²) in [7, 11) is 0. The zero-order valence-corrected chi connectivity index (χ0v) is 14.0. The Morgan fingerprint density at radius 3 is 2.65 bits per heavy atom. The number of carbonyl (C=O) groups excluding carboxylic acids is 2. The molecule has 1 fully saturated rings. The van der Waals surface area contributed by atoms with Gasteiger partial charge in [0.25, 0.3) is 0 Å². The molecule has 3 rings (SSSR count). The van der Waals surface area contributed by atoms with Crippen LogP contribution < -0.4 is 11.1 Å². The second-order valence-electron chi connectivity index (χ2n) is 6.20. The number of rotatable bonds is 4. The predicted octanol–water partition coefficient (Wildman–Crippen LogP) is 2.06. The van der Waals surface area contributed by atoms with Gasteiger partial charge in [-0.2, -0.15) is 0 Å². The van der Waals surface area contributed by atoms with Crippen LogP contribution >= 0.6 is 0 Å². The van der Waals surface area contributed by atoms with E-state index in [0.29, 0.717) is 25.9 Å². The largest absolute Gasteiger partial charge is 0.368 e. The number of primary amides is 1. The number of nitrogens with zero attached hydrogens (tertiary/aromatic N) is 3. The van der Waals surface area contributed by atoms with Gasteiger partial charge in [-0.1, -0.05) is 0 Å². The molecule has 1 aliphatic rings. The molecule has 0 bridgehead atoms. The van der Waals surface area contributed by atoms with Crippen molar-refractivity contribution in [2.24, 2.45) is 5.73 Å². The van der Waals surface area contributed by atoms with Gasteiger partial charge in [0, 0.05) is 37.5 Å². The van der Waals surface area contributed by atoms with Crippen LogP contribution in [0.5, 0.6) is 0 Å². The number of piperidine rings is 1. The topological polar surface area (TPSA) is 93.2 Å². The average Bonchev–Trinajstić information content (AvgIpc) is 3.05. The van der Waals surface area contributed by atoms with Crippen molar-refractivity contribution in [2.45, 2.75) is 25.3 Å². The highest BCUT2D eigenvalue weighted by atomic mass is 19.1. The average molecular weight is 363 g/mol. The first kappa shape index (κ1) is 17.8. The zero-order chi connectivity index (χ0) is 18.7. The first-order chi connectivity index (χ1) is 12.4.